The van der Waals surface area contributed by atoms with Crippen LogP contribution in [0.3, 0.4) is 0 Å². The van der Waals surface area contributed by atoms with Gasteiger partial charge in [-0.2, -0.15) is 0 Å². The van der Waals surface area contributed by atoms with Crippen LogP contribution in [0.4, 0.5) is 5.69 Å². The molecule has 0 atom stereocenters. The molecule has 0 unspecified atom stereocenters. The van der Waals surface area contributed by atoms with Crippen LogP contribution in [0, 0.1) is 0 Å². The molecule has 1 amide bonds. The second-order valence-corrected chi connectivity index (χ2v) is 7.36. The molecule has 2 N–H and O–H groups in total. The third-order valence-electron chi connectivity index (χ3n) is 3.46. The Kier molecular flexibility index (Phi) is 4.28. The summed E-state index contributed by atoms with van der Waals surface area (Å²) in [5.74, 6) is -0.164. The molecule has 0 aliphatic rings. The second kappa shape index (κ2) is 6.40. The number of carbonyl (C=O) groups is 1. The number of nitrogens with one attached hydrogen (secondary N) is 2. The van der Waals surface area contributed by atoms with Crippen molar-refractivity contribution >= 4 is 21.4 Å². The number of anilines is 1. The van der Waals surface area contributed by atoms with Crippen LogP contribution in [-0.4, -0.2) is 25.6 Å². The first-order valence-electron chi connectivity index (χ1n) is 7.23. The van der Waals surface area contributed by atoms with Gasteiger partial charge in [-0.15, -0.1) is 0 Å². The zero-order valence-electron chi connectivity index (χ0n) is 13.1. The number of aromatic amines is 1. The van der Waals surface area contributed by atoms with Gasteiger partial charge in [-0.1, -0.05) is 6.07 Å². The summed E-state index contributed by atoms with van der Waals surface area (Å²) in [5, 5.41) is 2.52. The number of H-pyrrole nitrogens is 1. The molecule has 0 spiro atoms. The van der Waals surface area contributed by atoms with E-state index < -0.39 is 21.3 Å². The molecule has 0 saturated heterocycles. The normalized spacial score (nSPS) is 11.2. The van der Waals surface area contributed by atoms with Crippen LogP contribution in [0.1, 0.15) is 10.4 Å². The first kappa shape index (κ1) is 16.7. The van der Waals surface area contributed by atoms with Gasteiger partial charge in [-0.3, -0.25) is 9.59 Å². The fraction of sp³-hybridized carbons (Fsp3) is 0.0588. The molecule has 0 bridgehead atoms. The molecule has 2 aromatic heterocycles. The van der Waals surface area contributed by atoms with Crippen LogP contribution in [0.5, 0.6) is 0 Å². The van der Waals surface area contributed by atoms with Crippen molar-refractivity contribution in [3.8, 4) is 11.5 Å². The van der Waals surface area contributed by atoms with Gasteiger partial charge in [-0.25, -0.2) is 8.42 Å². The first-order valence-corrected chi connectivity index (χ1v) is 9.12. The number of pyridine rings is 1. The van der Waals surface area contributed by atoms with E-state index in [0.717, 1.165) is 6.26 Å². The van der Waals surface area contributed by atoms with Gasteiger partial charge in [-0.05, 0) is 42.5 Å². The number of hydrogen-bond donors (Lipinski definition) is 2. The molecule has 0 aliphatic carbocycles. The molecule has 0 radical (unpaired) electrons. The Labute approximate surface area is 143 Å². The van der Waals surface area contributed by atoms with Gasteiger partial charge in [0.2, 0.25) is 0 Å². The number of hydrogen-bond acceptors (Lipinski definition) is 5. The summed E-state index contributed by atoms with van der Waals surface area (Å²) in [6, 6.07) is 12.1. The van der Waals surface area contributed by atoms with Gasteiger partial charge in [0, 0.05) is 11.9 Å². The highest BCUT2D eigenvalue weighted by Gasteiger charge is 2.14. The summed E-state index contributed by atoms with van der Waals surface area (Å²) in [6.07, 6.45) is 2.55. The van der Waals surface area contributed by atoms with Crippen LogP contribution in [-0.2, 0) is 9.84 Å². The summed E-state index contributed by atoms with van der Waals surface area (Å²) in [4.78, 5) is 27.1. The summed E-state index contributed by atoms with van der Waals surface area (Å²) in [5.41, 5.74) is 0.0544. The van der Waals surface area contributed by atoms with E-state index in [1.54, 1.807) is 18.2 Å². The monoisotopic (exact) mass is 358 g/mol. The van der Waals surface area contributed by atoms with Crippen molar-refractivity contribution in [2.75, 3.05) is 11.6 Å². The Morgan fingerprint density at radius 3 is 2.56 bits per heavy atom. The third-order valence-corrected chi connectivity index (χ3v) is 4.57. The lowest BCUT2D eigenvalue weighted by Crippen LogP contribution is -2.23. The average Bonchev–Trinajstić information content (AvgIpc) is 3.08. The molecule has 0 aliphatic heterocycles. The summed E-state index contributed by atoms with van der Waals surface area (Å²) in [6.45, 7) is 0. The van der Waals surface area contributed by atoms with Crippen LogP contribution in [0.2, 0.25) is 0 Å². The number of furan rings is 1. The SMILES string of the molecule is CS(=O)(=O)c1cccc(NC(=O)c2ccc(-c3ccco3)[nH]c2=O)c1. The summed E-state index contributed by atoms with van der Waals surface area (Å²) in [7, 11) is -3.39. The predicted molar refractivity (Wildman–Crippen MR) is 92.3 cm³/mol. The topological polar surface area (TPSA) is 109 Å². The molecule has 25 heavy (non-hydrogen) atoms. The fourth-order valence-electron chi connectivity index (χ4n) is 2.23. The Morgan fingerprint density at radius 2 is 1.92 bits per heavy atom. The van der Waals surface area contributed by atoms with Crippen molar-refractivity contribution < 1.29 is 17.6 Å². The summed E-state index contributed by atoms with van der Waals surface area (Å²) < 4.78 is 28.3. The largest absolute Gasteiger partial charge is 0.463 e. The standard InChI is InChI=1S/C17H14N2O5S/c1-25(22,23)12-5-2-4-11(10-12)18-16(20)13-7-8-14(19-17(13)21)15-6-3-9-24-15/h2-10H,1H3,(H,18,20)(H,19,21). The van der Waals surface area contributed by atoms with Crippen molar-refractivity contribution in [1.29, 1.82) is 0 Å². The van der Waals surface area contributed by atoms with Gasteiger partial charge < -0.3 is 14.7 Å². The minimum Gasteiger partial charge on any atom is -0.463 e. The third kappa shape index (κ3) is 3.69. The van der Waals surface area contributed by atoms with E-state index in [4.69, 9.17) is 4.42 Å². The highest BCUT2D eigenvalue weighted by Crippen LogP contribution is 2.17. The van der Waals surface area contributed by atoms with Crippen molar-refractivity contribution in [3.05, 3.63) is 70.7 Å². The van der Waals surface area contributed by atoms with E-state index in [2.05, 4.69) is 10.3 Å². The van der Waals surface area contributed by atoms with E-state index in [-0.39, 0.29) is 16.1 Å². The first-order chi connectivity index (χ1) is 11.8. The quantitative estimate of drug-likeness (QED) is 0.744. The lowest BCUT2D eigenvalue weighted by Gasteiger charge is -2.07. The van der Waals surface area contributed by atoms with E-state index >= 15 is 0 Å². The lowest BCUT2D eigenvalue weighted by atomic mass is 10.2. The molecule has 8 heteroatoms. The molecule has 7 nitrogen and oxygen atoms in total. The molecule has 0 fully saturated rings. The highest BCUT2D eigenvalue weighted by atomic mass is 32.2. The molecule has 3 rings (SSSR count). The van der Waals surface area contributed by atoms with Crippen LogP contribution in [0.15, 0.2) is 68.9 Å². The van der Waals surface area contributed by atoms with Gasteiger partial charge in [0.05, 0.1) is 16.9 Å². The number of benzene rings is 1. The Balaban J connectivity index is 1.86. The van der Waals surface area contributed by atoms with E-state index in [9.17, 15) is 18.0 Å². The van der Waals surface area contributed by atoms with Crippen molar-refractivity contribution in [3.63, 3.8) is 0 Å². The zero-order valence-corrected chi connectivity index (χ0v) is 14.0. The van der Waals surface area contributed by atoms with Gasteiger partial charge in [0.1, 0.15) is 11.3 Å². The van der Waals surface area contributed by atoms with E-state index in [0.29, 0.717) is 11.5 Å². The molecular formula is C17H14N2O5S. The maximum Gasteiger partial charge on any atom is 0.261 e. The van der Waals surface area contributed by atoms with Crippen molar-refractivity contribution in [2.45, 2.75) is 4.90 Å². The number of aromatic nitrogens is 1. The number of rotatable bonds is 4. The number of amides is 1. The van der Waals surface area contributed by atoms with Gasteiger partial charge in [0.15, 0.2) is 9.84 Å². The Hall–Kier alpha value is -3.13. The molecule has 1 aromatic carbocycles. The maximum absolute atomic E-state index is 12.3. The van der Waals surface area contributed by atoms with Gasteiger partial charge in [0.25, 0.3) is 11.5 Å². The second-order valence-electron chi connectivity index (χ2n) is 5.35. The molecule has 128 valence electrons. The van der Waals surface area contributed by atoms with E-state index in [1.165, 1.54) is 36.6 Å². The smallest absolute Gasteiger partial charge is 0.261 e. The minimum atomic E-state index is -3.39. The van der Waals surface area contributed by atoms with Crippen LogP contribution >= 0.6 is 0 Å². The van der Waals surface area contributed by atoms with Crippen molar-refractivity contribution in [2.24, 2.45) is 0 Å². The molecular weight excluding hydrogens is 344 g/mol. The average molecular weight is 358 g/mol. The van der Waals surface area contributed by atoms with E-state index in [1.807, 2.05) is 0 Å². The van der Waals surface area contributed by atoms with Gasteiger partial charge >= 0.3 is 0 Å². The van der Waals surface area contributed by atoms with Crippen molar-refractivity contribution in [1.82, 2.24) is 4.98 Å². The zero-order chi connectivity index (χ0) is 18.0. The minimum absolute atomic E-state index is 0.0763. The maximum atomic E-state index is 12.3. The molecule has 2 heterocycles. The van der Waals surface area contributed by atoms with Crippen LogP contribution in [0.25, 0.3) is 11.5 Å². The lowest BCUT2D eigenvalue weighted by molar-refractivity contribution is 0.102. The number of carbonyl (C=O) groups excluding carboxylic acids is 1. The number of sulfone groups is 1. The fourth-order valence-corrected chi connectivity index (χ4v) is 2.90. The molecule has 0 saturated carbocycles. The van der Waals surface area contributed by atoms with Crippen LogP contribution < -0.4 is 10.9 Å². The predicted octanol–water partition coefficient (Wildman–Crippen LogP) is 2.29. The summed E-state index contributed by atoms with van der Waals surface area (Å²) >= 11 is 0. The highest BCUT2D eigenvalue weighted by molar-refractivity contribution is 7.90. The molecule has 3 aromatic rings. The Morgan fingerprint density at radius 1 is 1.12 bits per heavy atom. The Bertz CT molecular complexity index is 1080.